The number of halogens is 1. The van der Waals surface area contributed by atoms with Gasteiger partial charge in [-0.3, -0.25) is 20.3 Å². The van der Waals surface area contributed by atoms with Gasteiger partial charge in [0.2, 0.25) is 0 Å². The van der Waals surface area contributed by atoms with Crippen LogP contribution < -0.4 is 10.1 Å². The fraction of sp³-hybridized carbons (Fsp3) is 0. The van der Waals surface area contributed by atoms with E-state index in [0.717, 1.165) is 11.6 Å². The van der Waals surface area contributed by atoms with Crippen molar-refractivity contribution in [2.75, 3.05) is 10.1 Å². The largest absolute Gasteiger partial charge is 0.295 e. The van der Waals surface area contributed by atoms with Crippen LogP contribution in [0.2, 0.25) is 5.02 Å². The zero-order valence-electron chi connectivity index (χ0n) is 14.1. The summed E-state index contributed by atoms with van der Waals surface area (Å²) in [5.41, 5.74) is 3.35. The predicted molar refractivity (Wildman–Crippen MR) is 111 cm³/mol. The summed E-state index contributed by atoms with van der Waals surface area (Å²) in [5.74, 6) is 0. The molecule has 0 atom stereocenters. The summed E-state index contributed by atoms with van der Waals surface area (Å²) in [6, 6.07) is 11.4. The van der Waals surface area contributed by atoms with Gasteiger partial charge in [-0.2, -0.15) is 16.4 Å². The van der Waals surface area contributed by atoms with Crippen LogP contribution in [0.15, 0.2) is 69.3 Å². The Morgan fingerprint density at radius 1 is 1.14 bits per heavy atom. The minimum Gasteiger partial charge on any atom is -0.280 e. The molecule has 3 rings (SSSR count). The third kappa shape index (κ3) is 4.85. The molecule has 0 saturated carbocycles. The van der Waals surface area contributed by atoms with E-state index in [-0.39, 0.29) is 16.3 Å². The average Bonchev–Trinajstić information content (AvgIpc) is 3.17. The maximum atomic E-state index is 12.5. The minimum atomic E-state index is -4.02. The van der Waals surface area contributed by atoms with Crippen molar-refractivity contribution in [2.24, 2.45) is 5.10 Å². The summed E-state index contributed by atoms with van der Waals surface area (Å²) in [4.78, 5) is 10.4. The molecular formula is C17H13ClN4O4S2. The summed E-state index contributed by atoms with van der Waals surface area (Å²) < 4.78 is 27.4. The molecule has 2 N–H and O–H groups in total. The lowest BCUT2D eigenvalue weighted by Crippen LogP contribution is -2.13. The lowest BCUT2D eigenvalue weighted by Gasteiger charge is -2.09. The van der Waals surface area contributed by atoms with E-state index in [1.54, 1.807) is 0 Å². The Bertz CT molecular complexity index is 1110. The first-order valence-electron chi connectivity index (χ1n) is 7.73. The van der Waals surface area contributed by atoms with Crippen LogP contribution in [0.4, 0.5) is 17.1 Å². The van der Waals surface area contributed by atoms with Crippen molar-refractivity contribution in [2.45, 2.75) is 4.90 Å². The summed E-state index contributed by atoms with van der Waals surface area (Å²) in [6.07, 6.45) is 1.51. The van der Waals surface area contributed by atoms with Crippen LogP contribution >= 0.6 is 22.9 Å². The fourth-order valence-corrected chi connectivity index (χ4v) is 4.00. The van der Waals surface area contributed by atoms with Crippen molar-refractivity contribution in [3.63, 3.8) is 0 Å². The van der Waals surface area contributed by atoms with Crippen molar-refractivity contribution < 1.29 is 13.3 Å². The highest BCUT2D eigenvalue weighted by molar-refractivity contribution is 7.92. The molecule has 1 heterocycles. The van der Waals surface area contributed by atoms with Crippen molar-refractivity contribution in [3.05, 3.63) is 80.0 Å². The molecule has 2 aromatic carbocycles. The molecule has 0 aliphatic carbocycles. The number of nitrogens with zero attached hydrogens (tertiary/aromatic N) is 2. The van der Waals surface area contributed by atoms with Gasteiger partial charge in [-0.05, 0) is 53.2 Å². The molecule has 11 heteroatoms. The van der Waals surface area contributed by atoms with Gasteiger partial charge in [0, 0.05) is 22.3 Å². The summed E-state index contributed by atoms with van der Waals surface area (Å²) >= 11 is 7.27. The Morgan fingerprint density at radius 3 is 2.54 bits per heavy atom. The van der Waals surface area contributed by atoms with E-state index in [1.165, 1.54) is 53.9 Å². The second-order valence-corrected chi connectivity index (χ2v) is 8.37. The molecule has 8 nitrogen and oxygen atoms in total. The average molecular weight is 437 g/mol. The van der Waals surface area contributed by atoms with Gasteiger partial charge in [0.25, 0.3) is 15.7 Å². The van der Waals surface area contributed by atoms with Gasteiger partial charge < -0.3 is 0 Å². The SMILES string of the molecule is O=[N+]([O-])c1cc(S(=O)(=O)Nc2ccc(Cl)cc2)ccc1N/N=C/c1ccsc1. The molecule has 0 unspecified atom stereocenters. The van der Waals surface area contributed by atoms with Crippen LogP contribution in [-0.4, -0.2) is 19.6 Å². The topological polar surface area (TPSA) is 114 Å². The van der Waals surface area contributed by atoms with Crippen LogP contribution in [0.3, 0.4) is 0 Å². The molecule has 3 aromatic rings. The monoisotopic (exact) mass is 436 g/mol. The quantitative estimate of drug-likeness (QED) is 0.320. The molecule has 0 amide bonds. The highest BCUT2D eigenvalue weighted by atomic mass is 35.5. The normalized spacial score (nSPS) is 11.5. The number of nitro benzene ring substituents is 1. The molecule has 1 aromatic heterocycles. The Morgan fingerprint density at radius 2 is 1.89 bits per heavy atom. The third-order valence-electron chi connectivity index (χ3n) is 3.51. The molecule has 0 bridgehead atoms. The third-order valence-corrected chi connectivity index (χ3v) is 5.85. The summed E-state index contributed by atoms with van der Waals surface area (Å²) in [5, 5.41) is 19.5. The molecule has 0 spiro atoms. The lowest BCUT2D eigenvalue weighted by atomic mass is 10.3. The standard InChI is InChI=1S/C17H13ClN4O4S2/c18-13-1-3-14(4-2-13)21-28(25,26)15-5-6-16(17(9-15)22(23)24)20-19-10-12-7-8-27-11-12/h1-11,20-21H/b19-10+. The first-order valence-corrected chi connectivity index (χ1v) is 10.5. The zero-order chi connectivity index (χ0) is 20.1. The lowest BCUT2D eigenvalue weighted by molar-refractivity contribution is -0.384. The second-order valence-electron chi connectivity index (χ2n) is 5.48. The number of hydrogen-bond donors (Lipinski definition) is 2. The molecule has 144 valence electrons. The summed E-state index contributed by atoms with van der Waals surface area (Å²) in [7, 11) is -4.02. The number of nitro groups is 1. The number of anilines is 2. The fourth-order valence-electron chi connectivity index (χ4n) is 2.18. The number of sulfonamides is 1. The van der Waals surface area contributed by atoms with Crippen LogP contribution in [0.1, 0.15) is 5.56 Å². The van der Waals surface area contributed by atoms with Crippen molar-refractivity contribution >= 4 is 56.2 Å². The van der Waals surface area contributed by atoms with Gasteiger partial charge >= 0.3 is 0 Å². The maximum absolute atomic E-state index is 12.5. The highest BCUT2D eigenvalue weighted by Crippen LogP contribution is 2.28. The van der Waals surface area contributed by atoms with Gasteiger partial charge in [-0.1, -0.05) is 11.6 Å². The Hall–Kier alpha value is -2.95. The molecule has 0 aliphatic rings. The summed E-state index contributed by atoms with van der Waals surface area (Å²) in [6.45, 7) is 0. The Kier molecular flexibility index (Phi) is 5.93. The first kappa shape index (κ1) is 19.8. The molecule has 28 heavy (non-hydrogen) atoms. The Labute approximate surface area is 169 Å². The van der Waals surface area contributed by atoms with Crippen LogP contribution in [-0.2, 0) is 10.0 Å². The van der Waals surface area contributed by atoms with Gasteiger partial charge in [0.05, 0.1) is 16.0 Å². The van der Waals surface area contributed by atoms with E-state index in [1.807, 2.05) is 16.8 Å². The predicted octanol–water partition coefficient (Wildman–Crippen LogP) is 4.56. The van der Waals surface area contributed by atoms with E-state index in [9.17, 15) is 18.5 Å². The molecule has 0 radical (unpaired) electrons. The molecule has 0 fully saturated rings. The number of hydrogen-bond acceptors (Lipinski definition) is 7. The van der Waals surface area contributed by atoms with Gasteiger partial charge in [-0.15, -0.1) is 0 Å². The van der Waals surface area contributed by atoms with E-state index < -0.39 is 20.6 Å². The number of thiophene rings is 1. The Balaban J connectivity index is 1.85. The zero-order valence-corrected chi connectivity index (χ0v) is 16.5. The molecule has 0 aliphatic heterocycles. The van der Waals surface area contributed by atoms with E-state index in [4.69, 9.17) is 11.6 Å². The van der Waals surface area contributed by atoms with E-state index in [2.05, 4.69) is 15.2 Å². The van der Waals surface area contributed by atoms with Crippen LogP contribution in [0, 0.1) is 10.1 Å². The van der Waals surface area contributed by atoms with Gasteiger partial charge in [0.1, 0.15) is 5.69 Å². The van der Waals surface area contributed by atoms with Crippen LogP contribution in [0.5, 0.6) is 0 Å². The molecular weight excluding hydrogens is 424 g/mol. The number of benzene rings is 2. The smallest absolute Gasteiger partial charge is 0.280 e. The van der Waals surface area contributed by atoms with Gasteiger partial charge in [0.15, 0.2) is 0 Å². The second kappa shape index (κ2) is 8.38. The molecule has 0 saturated heterocycles. The van der Waals surface area contributed by atoms with Crippen molar-refractivity contribution in [1.29, 1.82) is 0 Å². The van der Waals surface area contributed by atoms with Crippen molar-refractivity contribution in [3.8, 4) is 0 Å². The van der Waals surface area contributed by atoms with E-state index >= 15 is 0 Å². The van der Waals surface area contributed by atoms with Gasteiger partial charge in [-0.25, -0.2) is 8.42 Å². The maximum Gasteiger partial charge on any atom is 0.295 e. The highest BCUT2D eigenvalue weighted by Gasteiger charge is 2.21. The van der Waals surface area contributed by atoms with E-state index in [0.29, 0.717) is 5.02 Å². The first-order chi connectivity index (χ1) is 13.3. The van der Waals surface area contributed by atoms with Crippen molar-refractivity contribution in [1.82, 2.24) is 0 Å². The number of hydrazone groups is 1. The number of rotatable bonds is 7. The van der Waals surface area contributed by atoms with Crippen LogP contribution in [0.25, 0.3) is 0 Å². The minimum absolute atomic E-state index is 0.0712. The number of nitrogens with one attached hydrogen (secondary N) is 2.